The summed E-state index contributed by atoms with van der Waals surface area (Å²) in [5.41, 5.74) is -0.0357. The fourth-order valence-corrected chi connectivity index (χ4v) is 3.32. The van der Waals surface area contributed by atoms with Gasteiger partial charge in [0, 0.05) is 19.7 Å². The van der Waals surface area contributed by atoms with E-state index in [-0.39, 0.29) is 16.5 Å². The van der Waals surface area contributed by atoms with E-state index in [1.54, 1.807) is 6.07 Å². The van der Waals surface area contributed by atoms with Gasteiger partial charge in [0.2, 0.25) is 10.0 Å². The van der Waals surface area contributed by atoms with E-state index in [0.717, 1.165) is 16.4 Å². The van der Waals surface area contributed by atoms with Gasteiger partial charge in [0.25, 0.3) is 5.69 Å². The molecule has 0 aliphatic heterocycles. The van der Waals surface area contributed by atoms with Crippen LogP contribution in [0.15, 0.2) is 47.4 Å². The molecule has 0 spiro atoms. The molecule has 0 unspecified atom stereocenters. The minimum absolute atomic E-state index is 0.0729. The Morgan fingerprint density at radius 1 is 1.26 bits per heavy atom. The lowest BCUT2D eigenvalue weighted by Gasteiger charge is -2.17. The van der Waals surface area contributed by atoms with Gasteiger partial charge in [-0.15, -0.1) is 0 Å². The van der Waals surface area contributed by atoms with Crippen LogP contribution in [0.5, 0.6) is 0 Å². The SMILES string of the molecule is CN(Cc1cccc(F)c1)S(=O)(=O)c1ccc(Cl)c([N+](=O)[O-])c1. The molecular weight excluding hydrogens is 347 g/mol. The number of nitro groups is 1. The Kier molecular flexibility index (Phi) is 4.98. The van der Waals surface area contributed by atoms with Crippen molar-refractivity contribution in [2.24, 2.45) is 0 Å². The molecule has 0 atom stereocenters. The molecule has 0 N–H and O–H groups in total. The van der Waals surface area contributed by atoms with Crippen molar-refractivity contribution in [2.75, 3.05) is 7.05 Å². The Balaban J connectivity index is 2.34. The summed E-state index contributed by atoms with van der Waals surface area (Å²) in [7, 11) is -2.67. The molecule has 0 bridgehead atoms. The summed E-state index contributed by atoms with van der Waals surface area (Å²) < 4.78 is 39.1. The van der Waals surface area contributed by atoms with Crippen molar-refractivity contribution in [1.29, 1.82) is 0 Å². The van der Waals surface area contributed by atoms with Crippen LogP contribution in [0, 0.1) is 15.9 Å². The standard InChI is InChI=1S/C14H12ClFN2O4S/c1-17(9-10-3-2-4-11(16)7-10)23(21,22)12-5-6-13(15)14(8-12)18(19)20/h2-8H,9H2,1H3. The van der Waals surface area contributed by atoms with Crippen LogP contribution in [0.3, 0.4) is 0 Å². The molecule has 0 amide bonds. The third-order valence-corrected chi connectivity index (χ3v) is 5.24. The predicted octanol–water partition coefficient (Wildman–Crippen LogP) is 3.21. The Hall–Kier alpha value is -2.03. The Bertz CT molecular complexity index is 858. The Morgan fingerprint density at radius 2 is 1.96 bits per heavy atom. The fraction of sp³-hybridized carbons (Fsp3) is 0.143. The van der Waals surface area contributed by atoms with E-state index in [4.69, 9.17) is 11.6 Å². The van der Waals surface area contributed by atoms with Crippen LogP contribution in [0.1, 0.15) is 5.56 Å². The van der Waals surface area contributed by atoms with Gasteiger partial charge in [-0.1, -0.05) is 23.7 Å². The van der Waals surface area contributed by atoms with Gasteiger partial charge >= 0.3 is 0 Å². The highest BCUT2D eigenvalue weighted by molar-refractivity contribution is 7.89. The van der Waals surface area contributed by atoms with Crippen LogP contribution in [-0.4, -0.2) is 24.7 Å². The van der Waals surface area contributed by atoms with Gasteiger partial charge < -0.3 is 0 Å². The van der Waals surface area contributed by atoms with Crippen LogP contribution in [0.2, 0.25) is 5.02 Å². The van der Waals surface area contributed by atoms with E-state index in [2.05, 4.69) is 0 Å². The molecule has 0 saturated carbocycles. The molecule has 0 aliphatic carbocycles. The maximum atomic E-state index is 13.2. The second-order valence-corrected chi connectivity index (χ2v) is 7.21. The van der Waals surface area contributed by atoms with Crippen molar-refractivity contribution in [3.05, 3.63) is 69.0 Å². The average Bonchev–Trinajstić information content (AvgIpc) is 2.47. The van der Waals surface area contributed by atoms with E-state index >= 15 is 0 Å². The molecule has 9 heteroatoms. The van der Waals surface area contributed by atoms with Crippen molar-refractivity contribution in [3.63, 3.8) is 0 Å². The average molecular weight is 359 g/mol. The first-order valence-corrected chi connectivity index (χ1v) is 8.18. The second-order valence-electron chi connectivity index (χ2n) is 4.76. The van der Waals surface area contributed by atoms with Crippen molar-refractivity contribution in [3.8, 4) is 0 Å². The van der Waals surface area contributed by atoms with Crippen LogP contribution in [-0.2, 0) is 16.6 Å². The maximum Gasteiger partial charge on any atom is 0.289 e. The summed E-state index contributed by atoms with van der Waals surface area (Å²) >= 11 is 5.68. The fourth-order valence-electron chi connectivity index (χ4n) is 1.95. The van der Waals surface area contributed by atoms with Gasteiger partial charge in [0.05, 0.1) is 9.82 Å². The topological polar surface area (TPSA) is 80.5 Å². The number of sulfonamides is 1. The number of hydrogen-bond donors (Lipinski definition) is 0. The highest BCUT2D eigenvalue weighted by Crippen LogP contribution is 2.28. The molecule has 23 heavy (non-hydrogen) atoms. The van der Waals surface area contributed by atoms with E-state index in [1.807, 2.05) is 0 Å². The van der Waals surface area contributed by atoms with Gasteiger partial charge in [-0.2, -0.15) is 4.31 Å². The highest BCUT2D eigenvalue weighted by Gasteiger charge is 2.24. The van der Waals surface area contributed by atoms with Crippen LogP contribution < -0.4 is 0 Å². The third-order valence-electron chi connectivity index (χ3n) is 3.12. The zero-order valence-corrected chi connectivity index (χ0v) is 13.5. The molecule has 0 fully saturated rings. The minimum atomic E-state index is -3.98. The normalized spacial score (nSPS) is 11.7. The third kappa shape index (κ3) is 3.84. The smallest absolute Gasteiger partial charge is 0.258 e. The van der Waals surface area contributed by atoms with E-state index < -0.39 is 26.5 Å². The van der Waals surface area contributed by atoms with Crippen LogP contribution >= 0.6 is 11.6 Å². The summed E-state index contributed by atoms with van der Waals surface area (Å²) in [6, 6.07) is 8.77. The van der Waals surface area contributed by atoms with Gasteiger partial charge in [-0.3, -0.25) is 10.1 Å². The molecule has 0 saturated heterocycles. The predicted molar refractivity (Wildman–Crippen MR) is 83.2 cm³/mol. The lowest BCUT2D eigenvalue weighted by atomic mass is 10.2. The highest BCUT2D eigenvalue weighted by atomic mass is 35.5. The molecule has 6 nitrogen and oxygen atoms in total. The van der Waals surface area contributed by atoms with Crippen molar-refractivity contribution in [2.45, 2.75) is 11.4 Å². The summed E-state index contributed by atoms with van der Waals surface area (Å²) in [5, 5.41) is 10.7. The van der Waals surface area contributed by atoms with Gasteiger partial charge in [-0.25, -0.2) is 12.8 Å². The first-order chi connectivity index (χ1) is 10.7. The maximum absolute atomic E-state index is 13.2. The first kappa shape index (κ1) is 17.3. The summed E-state index contributed by atoms with van der Waals surface area (Å²) in [6.45, 7) is -0.0729. The van der Waals surface area contributed by atoms with Gasteiger partial charge in [0.1, 0.15) is 10.8 Å². The second kappa shape index (κ2) is 6.61. The quantitative estimate of drug-likeness (QED) is 0.607. The number of hydrogen-bond acceptors (Lipinski definition) is 4. The number of halogens is 2. The zero-order chi connectivity index (χ0) is 17.2. The number of rotatable bonds is 5. The zero-order valence-electron chi connectivity index (χ0n) is 11.9. The summed E-state index contributed by atoms with van der Waals surface area (Å²) in [6.07, 6.45) is 0. The lowest BCUT2D eigenvalue weighted by Crippen LogP contribution is -2.26. The van der Waals surface area contributed by atoms with E-state index in [9.17, 15) is 22.9 Å². The molecule has 0 aromatic heterocycles. The molecule has 2 aromatic carbocycles. The molecule has 2 rings (SSSR count). The molecule has 0 radical (unpaired) electrons. The monoisotopic (exact) mass is 358 g/mol. The lowest BCUT2D eigenvalue weighted by molar-refractivity contribution is -0.384. The summed E-state index contributed by atoms with van der Waals surface area (Å²) in [4.78, 5) is 9.86. The van der Waals surface area contributed by atoms with Crippen molar-refractivity contribution in [1.82, 2.24) is 4.31 Å². The van der Waals surface area contributed by atoms with Gasteiger partial charge in [-0.05, 0) is 29.8 Å². The van der Waals surface area contributed by atoms with Crippen molar-refractivity contribution >= 4 is 27.3 Å². The minimum Gasteiger partial charge on any atom is -0.258 e. The Morgan fingerprint density at radius 3 is 2.57 bits per heavy atom. The number of nitrogens with zero attached hydrogens (tertiary/aromatic N) is 2. The number of benzene rings is 2. The molecule has 122 valence electrons. The van der Waals surface area contributed by atoms with E-state index in [0.29, 0.717) is 5.56 Å². The first-order valence-electron chi connectivity index (χ1n) is 6.36. The van der Waals surface area contributed by atoms with E-state index in [1.165, 1.54) is 31.3 Å². The van der Waals surface area contributed by atoms with Crippen LogP contribution in [0.4, 0.5) is 10.1 Å². The Labute approximate surface area is 137 Å². The molecule has 0 aliphatic rings. The van der Waals surface area contributed by atoms with Crippen LogP contribution in [0.25, 0.3) is 0 Å². The van der Waals surface area contributed by atoms with Crippen molar-refractivity contribution < 1.29 is 17.7 Å². The largest absolute Gasteiger partial charge is 0.289 e. The summed E-state index contributed by atoms with van der Waals surface area (Å²) in [5.74, 6) is -0.476. The molecular formula is C14H12ClFN2O4S. The van der Waals surface area contributed by atoms with Gasteiger partial charge in [0.15, 0.2) is 0 Å². The number of nitro benzene ring substituents is 1. The molecule has 0 heterocycles. The molecule has 2 aromatic rings.